The number of carbonyl (C=O) groups is 1. The number of amides is 1. The van der Waals surface area contributed by atoms with E-state index in [2.05, 4.69) is 54.9 Å². The minimum Gasteiger partial charge on any atom is -0.453 e. The second kappa shape index (κ2) is 8.12. The van der Waals surface area contributed by atoms with Gasteiger partial charge in [0, 0.05) is 36.2 Å². The van der Waals surface area contributed by atoms with Crippen LogP contribution in [0.4, 0.5) is 22.0 Å². The molecule has 0 aliphatic heterocycles. The summed E-state index contributed by atoms with van der Waals surface area (Å²) in [6.45, 7) is 1.95. The number of benzene rings is 2. The molecule has 0 spiro atoms. The van der Waals surface area contributed by atoms with Gasteiger partial charge in [-0.2, -0.15) is 10.2 Å². The summed E-state index contributed by atoms with van der Waals surface area (Å²) in [5.74, 6) is 0.707. The second-order valence-corrected chi connectivity index (χ2v) is 6.92. The maximum Gasteiger partial charge on any atom is 0.411 e. The molecule has 8 nitrogen and oxygen atoms in total. The molecule has 0 aliphatic rings. The lowest BCUT2D eigenvalue weighted by molar-refractivity contribution is 0.187. The molecule has 3 N–H and O–H groups in total. The Morgan fingerprint density at radius 1 is 1.07 bits per heavy atom. The zero-order valence-corrected chi connectivity index (χ0v) is 16.9. The van der Waals surface area contributed by atoms with Crippen LogP contribution < -0.4 is 10.6 Å². The smallest absolute Gasteiger partial charge is 0.411 e. The van der Waals surface area contributed by atoms with Crippen molar-refractivity contribution in [1.29, 1.82) is 0 Å². The fourth-order valence-corrected chi connectivity index (χ4v) is 3.13. The van der Waals surface area contributed by atoms with E-state index in [1.807, 2.05) is 44.6 Å². The molecule has 1 amide bonds. The van der Waals surface area contributed by atoms with Crippen molar-refractivity contribution in [3.8, 4) is 22.4 Å². The van der Waals surface area contributed by atoms with Crippen LogP contribution in [0.1, 0.15) is 5.56 Å². The minimum absolute atomic E-state index is 0.499. The van der Waals surface area contributed by atoms with E-state index in [0.717, 1.165) is 33.6 Å². The molecule has 0 bridgehead atoms. The lowest BCUT2D eigenvalue weighted by atomic mass is 10.1. The van der Waals surface area contributed by atoms with Crippen LogP contribution in [0.3, 0.4) is 0 Å². The molecule has 0 radical (unpaired) electrons. The number of aryl methyl sites for hydroxylation is 2. The fraction of sp³-hybridized carbons (Fsp3) is 0.136. The van der Waals surface area contributed by atoms with E-state index in [-0.39, 0.29) is 0 Å². The van der Waals surface area contributed by atoms with Gasteiger partial charge in [0.05, 0.1) is 19.0 Å². The van der Waals surface area contributed by atoms with Gasteiger partial charge in [-0.1, -0.05) is 24.3 Å². The molecule has 8 heteroatoms. The quantitative estimate of drug-likeness (QED) is 0.449. The summed E-state index contributed by atoms with van der Waals surface area (Å²) in [7, 11) is 3.24. The lowest BCUT2D eigenvalue weighted by Gasteiger charge is -2.10. The standard InChI is InChI=1S/C22H22N6O2/c1-14-10-18(24-22(29)30-3)8-9-19(14)25-21-11-20(26-27-21)16-6-4-15(5-7-16)17-12-23-28(2)13-17/h4-13H,1-3H3,(H,24,29)(H2,25,26,27). The van der Waals surface area contributed by atoms with E-state index in [0.29, 0.717) is 11.5 Å². The first kappa shape index (κ1) is 19.3. The fourth-order valence-electron chi connectivity index (χ4n) is 3.13. The number of aromatic amines is 1. The van der Waals surface area contributed by atoms with Gasteiger partial charge in [0.15, 0.2) is 5.82 Å². The van der Waals surface area contributed by atoms with Crippen molar-refractivity contribution in [3.63, 3.8) is 0 Å². The average molecular weight is 402 g/mol. The molecule has 0 atom stereocenters. The first-order valence-electron chi connectivity index (χ1n) is 9.39. The summed E-state index contributed by atoms with van der Waals surface area (Å²) in [6.07, 6.45) is 3.34. The first-order valence-corrected chi connectivity index (χ1v) is 9.39. The molecule has 0 fully saturated rings. The number of hydrogen-bond acceptors (Lipinski definition) is 5. The maximum absolute atomic E-state index is 11.3. The lowest BCUT2D eigenvalue weighted by Crippen LogP contribution is -2.11. The predicted octanol–water partition coefficient (Wildman–Crippen LogP) is 4.71. The van der Waals surface area contributed by atoms with E-state index < -0.39 is 6.09 Å². The Morgan fingerprint density at radius 2 is 1.83 bits per heavy atom. The Hall–Kier alpha value is -4.07. The van der Waals surface area contributed by atoms with Crippen LogP contribution in [0, 0.1) is 6.92 Å². The highest BCUT2D eigenvalue weighted by Crippen LogP contribution is 2.27. The summed E-state index contributed by atoms with van der Waals surface area (Å²) in [5.41, 5.74) is 6.68. The largest absolute Gasteiger partial charge is 0.453 e. The predicted molar refractivity (Wildman–Crippen MR) is 117 cm³/mol. The summed E-state index contributed by atoms with van der Waals surface area (Å²) in [5, 5.41) is 17.6. The number of ether oxygens (including phenoxy) is 1. The molecule has 2 aromatic heterocycles. The van der Waals surface area contributed by atoms with E-state index in [9.17, 15) is 4.79 Å². The van der Waals surface area contributed by atoms with Crippen LogP contribution >= 0.6 is 0 Å². The highest BCUT2D eigenvalue weighted by molar-refractivity contribution is 5.85. The highest BCUT2D eigenvalue weighted by atomic mass is 16.5. The Kier molecular flexibility index (Phi) is 5.21. The number of nitrogens with one attached hydrogen (secondary N) is 3. The van der Waals surface area contributed by atoms with Crippen molar-refractivity contribution < 1.29 is 9.53 Å². The number of methoxy groups -OCH3 is 1. The summed E-state index contributed by atoms with van der Waals surface area (Å²) in [6, 6.07) is 15.8. The zero-order valence-electron chi connectivity index (χ0n) is 16.9. The van der Waals surface area contributed by atoms with Gasteiger partial charge >= 0.3 is 6.09 Å². The van der Waals surface area contributed by atoms with Gasteiger partial charge in [0.25, 0.3) is 0 Å². The second-order valence-electron chi connectivity index (χ2n) is 6.92. The number of rotatable bonds is 5. The molecule has 0 saturated carbocycles. The summed E-state index contributed by atoms with van der Waals surface area (Å²) < 4.78 is 6.40. The van der Waals surface area contributed by atoms with Crippen LogP contribution in [-0.2, 0) is 11.8 Å². The van der Waals surface area contributed by atoms with Gasteiger partial charge in [-0.05, 0) is 41.8 Å². The third kappa shape index (κ3) is 4.17. The Bertz CT molecular complexity index is 1180. The Labute approximate surface area is 173 Å². The van der Waals surface area contributed by atoms with Crippen LogP contribution in [0.25, 0.3) is 22.4 Å². The number of anilines is 3. The SMILES string of the molecule is COC(=O)Nc1ccc(Nc2cc(-c3ccc(-c4cnn(C)c4)cc3)[nH]n2)c(C)c1. The average Bonchev–Trinajstić information content (AvgIpc) is 3.39. The number of aromatic nitrogens is 4. The minimum atomic E-state index is -0.499. The van der Waals surface area contributed by atoms with E-state index >= 15 is 0 Å². The maximum atomic E-state index is 11.3. The van der Waals surface area contributed by atoms with Gasteiger partial charge in [-0.3, -0.25) is 15.1 Å². The Balaban J connectivity index is 1.47. The molecule has 4 rings (SSSR count). The van der Waals surface area contributed by atoms with Gasteiger partial charge in [-0.15, -0.1) is 0 Å². The first-order chi connectivity index (χ1) is 14.5. The molecule has 0 aliphatic carbocycles. The third-order valence-corrected chi connectivity index (χ3v) is 4.73. The number of carbonyl (C=O) groups excluding carboxylic acids is 1. The molecule has 0 saturated heterocycles. The van der Waals surface area contributed by atoms with Crippen LogP contribution in [0.5, 0.6) is 0 Å². The normalized spacial score (nSPS) is 10.6. The van der Waals surface area contributed by atoms with Crippen molar-refractivity contribution >= 4 is 23.3 Å². The van der Waals surface area contributed by atoms with Gasteiger partial charge in [0.2, 0.25) is 0 Å². The van der Waals surface area contributed by atoms with Crippen molar-refractivity contribution in [1.82, 2.24) is 20.0 Å². The highest BCUT2D eigenvalue weighted by Gasteiger charge is 2.08. The number of H-pyrrole nitrogens is 1. The molecule has 152 valence electrons. The zero-order chi connectivity index (χ0) is 21.1. The topological polar surface area (TPSA) is 96.9 Å². The van der Waals surface area contributed by atoms with Crippen LogP contribution in [-0.4, -0.2) is 33.2 Å². The number of hydrogen-bond donors (Lipinski definition) is 3. The van der Waals surface area contributed by atoms with Gasteiger partial charge in [0.1, 0.15) is 0 Å². The molecular formula is C22H22N6O2. The van der Waals surface area contributed by atoms with Crippen LogP contribution in [0.2, 0.25) is 0 Å². The van der Waals surface area contributed by atoms with Crippen molar-refractivity contribution in [3.05, 3.63) is 66.5 Å². The number of nitrogens with zero attached hydrogens (tertiary/aromatic N) is 3. The van der Waals surface area contributed by atoms with Crippen molar-refractivity contribution in [2.24, 2.45) is 7.05 Å². The van der Waals surface area contributed by atoms with E-state index in [1.165, 1.54) is 7.11 Å². The monoisotopic (exact) mass is 402 g/mol. The summed E-state index contributed by atoms with van der Waals surface area (Å²) >= 11 is 0. The van der Waals surface area contributed by atoms with Crippen LogP contribution in [0.15, 0.2) is 60.9 Å². The third-order valence-electron chi connectivity index (χ3n) is 4.73. The van der Waals surface area contributed by atoms with Crippen molar-refractivity contribution in [2.45, 2.75) is 6.92 Å². The molecule has 30 heavy (non-hydrogen) atoms. The molecular weight excluding hydrogens is 380 g/mol. The molecule has 2 heterocycles. The van der Waals surface area contributed by atoms with Gasteiger partial charge < -0.3 is 10.1 Å². The Morgan fingerprint density at radius 3 is 2.50 bits per heavy atom. The molecule has 4 aromatic rings. The summed E-state index contributed by atoms with van der Waals surface area (Å²) in [4.78, 5) is 11.3. The molecule has 0 unspecified atom stereocenters. The molecule has 2 aromatic carbocycles. The van der Waals surface area contributed by atoms with Crippen molar-refractivity contribution in [2.75, 3.05) is 17.7 Å². The van der Waals surface area contributed by atoms with Gasteiger partial charge in [-0.25, -0.2) is 4.79 Å². The van der Waals surface area contributed by atoms with E-state index in [4.69, 9.17) is 0 Å². The van der Waals surface area contributed by atoms with E-state index in [1.54, 1.807) is 10.7 Å².